The van der Waals surface area contributed by atoms with Gasteiger partial charge in [0, 0.05) is 22.3 Å². The molecule has 0 bridgehead atoms. The zero-order chi connectivity index (χ0) is 23.1. The van der Waals surface area contributed by atoms with E-state index >= 15 is 0 Å². The number of amides is 3. The van der Waals surface area contributed by atoms with Crippen LogP contribution in [0.15, 0.2) is 48.5 Å². The van der Waals surface area contributed by atoms with E-state index in [2.05, 4.69) is 26.1 Å². The third-order valence-corrected chi connectivity index (χ3v) is 5.96. The Morgan fingerprint density at radius 1 is 1.12 bits per heavy atom. The number of methoxy groups -OCH3 is 1. The molecule has 8 nitrogen and oxygen atoms in total. The van der Waals surface area contributed by atoms with Gasteiger partial charge in [0.15, 0.2) is 0 Å². The molecule has 3 amide bonds. The van der Waals surface area contributed by atoms with Crippen LogP contribution >= 0.6 is 22.9 Å². The van der Waals surface area contributed by atoms with E-state index in [1.807, 2.05) is 26.0 Å². The van der Waals surface area contributed by atoms with Crippen molar-refractivity contribution in [1.29, 1.82) is 0 Å². The van der Waals surface area contributed by atoms with Crippen LogP contribution in [0.25, 0.3) is 10.6 Å². The van der Waals surface area contributed by atoms with Gasteiger partial charge in [-0.2, -0.15) is 0 Å². The van der Waals surface area contributed by atoms with Gasteiger partial charge in [-0.1, -0.05) is 61.4 Å². The highest BCUT2D eigenvalue weighted by Crippen LogP contribution is 2.28. The van der Waals surface area contributed by atoms with Gasteiger partial charge in [0.05, 0.1) is 7.11 Å². The Balaban J connectivity index is 1.67. The maximum Gasteiger partial charge on any atom is 0.319 e. The van der Waals surface area contributed by atoms with Crippen molar-refractivity contribution in [3.05, 3.63) is 53.6 Å². The van der Waals surface area contributed by atoms with Crippen LogP contribution in [0.4, 0.5) is 15.6 Å². The fraction of sp³-hybridized carbons (Fsp3) is 0.273. The van der Waals surface area contributed by atoms with Crippen LogP contribution in [-0.2, 0) is 4.79 Å². The number of nitrogens with one attached hydrogen (secondary N) is 3. The Bertz CT molecular complexity index is 1090. The number of benzene rings is 2. The number of anilines is 2. The highest BCUT2D eigenvalue weighted by Gasteiger charge is 2.27. The second-order valence-electron chi connectivity index (χ2n) is 7.11. The predicted molar refractivity (Wildman–Crippen MR) is 127 cm³/mol. The molecule has 2 unspecified atom stereocenters. The monoisotopic (exact) mass is 473 g/mol. The summed E-state index contributed by atoms with van der Waals surface area (Å²) < 4.78 is 5.16. The molecule has 1 heterocycles. The molecule has 1 aromatic heterocycles. The average Bonchev–Trinajstić information content (AvgIpc) is 3.25. The number of urea groups is 1. The largest absolute Gasteiger partial charge is 0.497 e. The molecule has 32 heavy (non-hydrogen) atoms. The number of carbonyl (C=O) groups excluding carboxylic acids is 2. The lowest BCUT2D eigenvalue weighted by Crippen LogP contribution is -2.49. The molecule has 3 rings (SSSR count). The minimum atomic E-state index is -0.760. The fourth-order valence-electron chi connectivity index (χ4n) is 2.91. The molecular weight excluding hydrogens is 450 g/mol. The number of halogens is 1. The number of rotatable bonds is 8. The number of hydrogen-bond donors (Lipinski definition) is 3. The topological polar surface area (TPSA) is 105 Å². The van der Waals surface area contributed by atoms with Crippen molar-refractivity contribution in [1.82, 2.24) is 15.5 Å². The van der Waals surface area contributed by atoms with Crippen LogP contribution < -0.4 is 20.7 Å². The first-order valence-corrected chi connectivity index (χ1v) is 11.2. The summed E-state index contributed by atoms with van der Waals surface area (Å²) in [5.74, 6) is 0.145. The Morgan fingerprint density at radius 3 is 2.62 bits per heavy atom. The van der Waals surface area contributed by atoms with Crippen molar-refractivity contribution in [2.75, 3.05) is 17.7 Å². The number of nitrogens with zero attached hydrogens (tertiary/aromatic N) is 2. The molecule has 3 aromatic rings. The third kappa shape index (κ3) is 6.18. The summed E-state index contributed by atoms with van der Waals surface area (Å²) >= 11 is 7.27. The Labute approximate surface area is 195 Å². The molecule has 168 valence electrons. The van der Waals surface area contributed by atoms with E-state index in [4.69, 9.17) is 16.3 Å². The summed E-state index contributed by atoms with van der Waals surface area (Å²) in [6, 6.07) is 13.0. The maximum absolute atomic E-state index is 12.9. The molecule has 0 spiro atoms. The van der Waals surface area contributed by atoms with Crippen LogP contribution in [0.3, 0.4) is 0 Å². The molecule has 0 aliphatic rings. The third-order valence-electron chi connectivity index (χ3n) is 4.84. The van der Waals surface area contributed by atoms with Gasteiger partial charge in [-0.3, -0.25) is 10.1 Å². The van der Waals surface area contributed by atoms with Gasteiger partial charge in [-0.25, -0.2) is 4.79 Å². The number of ether oxygens (including phenoxy) is 1. The highest BCUT2D eigenvalue weighted by molar-refractivity contribution is 7.18. The van der Waals surface area contributed by atoms with Crippen LogP contribution in [-0.4, -0.2) is 35.3 Å². The molecular formula is C22H24ClN5O3S. The molecule has 0 radical (unpaired) electrons. The van der Waals surface area contributed by atoms with Crippen LogP contribution in [0, 0.1) is 5.92 Å². The number of carbonyl (C=O) groups is 2. The summed E-state index contributed by atoms with van der Waals surface area (Å²) in [7, 11) is 1.55. The van der Waals surface area contributed by atoms with E-state index in [9.17, 15) is 9.59 Å². The molecule has 0 fully saturated rings. The van der Waals surface area contributed by atoms with Gasteiger partial charge < -0.3 is 15.4 Å². The lowest BCUT2D eigenvalue weighted by Gasteiger charge is -2.23. The van der Waals surface area contributed by atoms with E-state index in [0.29, 0.717) is 33.0 Å². The van der Waals surface area contributed by atoms with Crippen molar-refractivity contribution in [2.24, 2.45) is 5.92 Å². The minimum absolute atomic E-state index is 0.105. The maximum atomic E-state index is 12.9. The molecule has 0 aliphatic heterocycles. The van der Waals surface area contributed by atoms with E-state index in [1.54, 1.807) is 43.5 Å². The second-order valence-corrected chi connectivity index (χ2v) is 8.52. The lowest BCUT2D eigenvalue weighted by atomic mass is 9.98. The molecule has 0 saturated heterocycles. The molecule has 0 aliphatic carbocycles. The van der Waals surface area contributed by atoms with Gasteiger partial charge in [-0.05, 0) is 30.2 Å². The van der Waals surface area contributed by atoms with Crippen molar-refractivity contribution in [3.63, 3.8) is 0 Å². The van der Waals surface area contributed by atoms with Crippen molar-refractivity contribution in [3.8, 4) is 16.3 Å². The SMILES string of the molecule is CCC(C)C(NC(=O)Nc1cccc(OC)c1)C(=O)Nc1nnc(-c2cccc(Cl)c2)s1. The zero-order valence-electron chi connectivity index (χ0n) is 17.9. The first-order chi connectivity index (χ1) is 15.4. The normalized spacial score (nSPS) is 12.5. The fourth-order valence-corrected chi connectivity index (χ4v) is 3.84. The predicted octanol–water partition coefficient (Wildman–Crippen LogP) is 5.04. The number of aromatic nitrogens is 2. The molecule has 0 saturated carbocycles. The summed E-state index contributed by atoms with van der Waals surface area (Å²) in [5.41, 5.74) is 1.37. The van der Waals surface area contributed by atoms with Gasteiger partial charge in [0.2, 0.25) is 11.0 Å². The van der Waals surface area contributed by atoms with Crippen LogP contribution in [0.5, 0.6) is 5.75 Å². The summed E-state index contributed by atoms with van der Waals surface area (Å²) in [6.07, 6.45) is 0.696. The van der Waals surface area contributed by atoms with Crippen LogP contribution in [0.1, 0.15) is 20.3 Å². The van der Waals surface area contributed by atoms with Crippen LogP contribution in [0.2, 0.25) is 5.02 Å². The smallest absolute Gasteiger partial charge is 0.319 e. The molecule has 10 heteroatoms. The summed E-state index contributed by atoms with van der Waals surface area (Å²) in [6.45, 7) is 3.85. The summed E-state index contributed by atoms with van der Waals surface area (Å²) in [5, 5.41) is 18.0. The molecule has 2 aromatic carbocycles. The molecule has 2 atom stereocenters. The van der Waals surface area contributed by atoms with E-state index in [-0.39, 0.29) is 11.8 Å². The first-order valence-electron chi connectivity index (χ1n) is 10.0. The Hall–Kier alpha value is -3.17. The van der Waals surface area contributed by atoms with Crippen molar-refractivity contribution in [2.45, 2.75) is 26.3 Å². The van der Waals surface area contributed by atoms with Gasteiger partial charge in [-0.15, -0.1) is 10.2 Å². The van der Waals surface area contributed by atoms with Gasteiger partial charge in [0.25, 0.3) is 0 Å². The lowest BCUT2D eigenvalue weighted by molar-refractivity contribution is -0.119. The van der Waals surface area contributed by atoms with E-state index in [1.165, 1.54) is 11.3 Å². The zero-order valence-corrected chi connectivity index (χ0v) is 19.5. The minimum Gasteiger partial charge on any atom is -0.497 e. The highest BCUT2D eigenvalue weighted by atomic mass is 35.5. The first kappa shape index (κ1) is 23.5. The Morgan fingerprint density at radius 2 is 1.91 bits per heavy atom. The van der Waals surface area contributed by atoms with E-state index < -0.39 is 12.1 Å². The van der Waals surface area contributed by atoms with Crippen molar-refractivity contribution >= 4 is 45.7 Å². The Kier molecular flexibility index (Phi) is 8.02. The quantitative estimate of drug-likeness (QED) is 0.425. The second kappa shape index (κ2) is 10.9. The van der Waals surface area contributed by atoms with Crippen molar-refractivity contribution < 1.29 is 14.3 Å². The number of hydrogen-bond acceptors (Lipinski definition) is 6. The summed E-state index contributed by atoms with van der Waals surface area (Å²) in [4.78, 5) is 25.5. The standard InChI is InChI=1S/C22H24ClN5O3S/c1-4-13(2)18(25-21(30)24-16-9-6-10-17(12-16)31-3)19(29)26-22-28-27-20(32-22)14-7-5-8-15(23)11-14/h5-13,18H,4H2,1-3H3,(H2,24,25,30)(H,26,28,29). The average molecular weight is 474 g/mol. The van der Waals surface area contributed by atoms with Gasteiger partial charge >= 0.3 is 6.03 Å². The molecule has 3 N–H and O–H groups in total. The van der Waals surface area contributed by atoms with E-state index in [0.717, 1.165) is 5.56 Å². The van der Waals surface area contributed by atoms with Gasteiger partial charge in [0.1, 0.15) is 16.8 Å².